The predicted octanol–water partition coefficient (Wildman–Crippen LogP) is 2.68. The van der Waals surface area contributed by atoms with Crippen LogP contribution >= 0.6 is 0 Å². The molecule has 0 aromatic carbocycles. The highest BCUT2D eigenvalue weighted by Gasteiger charge is 2.45. The zero-order valence-electron chi connectivity index (χ0n) is 13.4. The van der Waals surface area contributed by atoms with Gasteiger partial charge in [-0.05, 0) is 76.3 Å². The van der Waals surface area contributed by atoms with Crippen LogP contribution in [0.2, 0.25) is 0 Å². The molecule has 0 amide bonds. The maximum atomic E-state index is 9.90. The molecular formula is C18H32N2O. The SMILES string of the molecule is OCC1(NC2CC2)CCC(N2CCC3(CCCC3)CC2)C1. The molecule has 1 heterocycles. The third-order valence-corrected chi connectivity index (χ3v) is 7.01. The molecule has 3 saturated carbocycles. The molecule has 2 atom stereocenters. The van der Waals surface area contributed by atoms with E-state index in [1.54, 1.807) is 0 Å². The molecular weight excluding hydrogens is 260 g/mol. The first-order valence-corrected chi connectivity index (χ1v) is 9.35. The van der Waals surface area contributed by atoms with Crippen molar-refractivity contribution in [2.45, 2.75) is 88.3 Å². The zero-order chi connectivity index (χ0) is 14.3. The van der Waals surface area contributed by atoms with Gasteiger partial charge < -0.3 is 15.3 Å². The number of aliphatic hydroxyl groups is 1. The Labute approximate surface area is 129 Å². The molecule has 3 aliphatic carbocycles. The lowest BCUT2D eigenvalue weighted by atomic mass is 9.76. The van der Waals surface area contributed by atoms with E-state index in [4.69, 9.17) is 0 Å². The maximum Gasteiger partial charge on any atom is 0.0614 e. The molecule has 4 aliphatic rings. The van der Waals surface area contributed by atoms with Crippen LogP contribution in [-0.4, -0.2) is 47.3 Å². The quantitative estimate of drug-likeness (QED) is 0.836. The fraction of sp³-hybridized carbons (Fsp3) is 1.00. The molecule has 21 heavy (non-hydrogen) atoms. The second-order valence-corrected chi connectivity index (χ2v) is 8.50. The van der Waals surface area contributed by atoms with Crippen molar-refractivity contribution in [3.63, 3.8) is 0 Å². The van der Waals surface area contributed by atoms with Crippen LogP contribution in [-0.2, 0) is 0 Å². The topological polar surface area (TPSA) is 35.5 Å². The van der Waals surface area contributed by atoms with Crippen molar-refractivity contribution in [3.8, 4) is 0 Å². The van der Waals surface area contributed by atoms with Gasteiger partial charge in [0.25, 0.3) is 0 Å². The number of nitrogens with zero attached hydrogens (tertiary/aromatic N) is 1. The van der Waals surface area contributed by atoms with E-state index in [-0.39, 0.29) is 5.54 Å². The lowest BCUT2D eigenvalue weighted by Gasteiger charge is -2.42. The van der Waals surface area contributed by atoms with Gasteiger partial charge in [0.15, 0.2) is 0 Å². The Bertz CT molecular complexity index is 365. The summed E-state index contributed by atoms with van der Waals surface area (Å²) in [6.07, 6.45) is 15.1. The van der Waals surface area contributed by atoms with E-state index in [1.807, 2.05) is 0 Å². The lowest BCUT2D eigenvalue weighted by Crippen LogP contribution is -2.50. The molecule has 0 radical (unpaired) electrons. The summed E-state index contributed by atoms with van der Waals surface area (Å²) in [5.74, 6) is 0. The predicted molar refractivity (Wildman–Crippen MR) is 85.3 cm³/mol. The molecule has 2 N–H and O–H groups in total. The second-order valence-electron chi connectivity index (χ2n) is 8.50. The van der Waals surface area contributed by atoms with E-state index in [9.17, 15) is 5.11 Å². The van der Waals surface area contributed by atoms with Crippen LogP contribution in [0.1, 0.15) is 70.6 Å². The van der Waals surface area contributed by atoms with Crippen molar-refractivity contribution in [3.05, 3.63) is 0 Å². The summed E-state index contributed by atoms with van der Waals surface area (Å²) in [5.41, 5.74) is 0.782. The number of hydrogen-bond acceptors (Lipinski definition) is 3. The van der Waals surface area contributed by atoms with Gasteiger partial charge in [-0.2, -0.15) is 0 Å². The van der Waals surface area contributed by atoms with E-state index < -0.39 is 0 Å². The van der Waals surface area contributed by atoms with E-state index in [1.165, 1.54) is 83.7 Å². The molecule has 1 spiro atoms. The summed E-state index contributed by atoms with van der Waals surface area (Å²) in [7, 11) is 0. The van der Waals surface area contributed by atoms with E-state index in [0.29, 0.717) is 12.6 Å². The van der Waals surface area contributed by atoms with Gasteiger partial charge >= 0.3 is 0 Å². The average molecular weight is 292 g/mol. The van der Waals surface area contributed by atoms with Crippen LogP contribution in [0.5, 0.6) is 0 Å². The van der Waals surface area contributed by atoms with Crippen molar-refractivity contribution < 1.29 is 5.11 Å². The molecule has 0 aromatic rings. The first kappa shape index (κ1) is 14.5. The minimum Gasteiger partial charge on any atom is -0.394 e. The third kappa shape index (κ3) is 2.89. The Balaban J connectivity index is 1.33. The summed E-state index contributed by atoms with van der Waals surface area (Å²) >= 11 is 0. The van der Waals surface area contributed by atoms with Crippen LogP contribution in [0.3, 0.4) is 0 Å². The van der Waals surface area contributed by atoms with Gasteiger partial charge in [0, 0.05) is 17.6 Å². The highest BCUT2D eigenvalue weighted by atomic mass is 16.3. The molecule has 1 aliphatic heterocycles. The van der Waals surface area contributed by atoms with E-state index in [2.05, 4.69) is 10.2 Å². The van der Waals surface area contributed by atoms with Crippen molar-refractivity contribution in [1.29, 1.82) is 0 Å². The standard InChI is InChI=1S/C18H32N2O/c21-14-18(19-15-3-4-15)8-5-16(13-18)20-11-9-17(10-12-20)6-1-2-7-17/h15-16,19,21H,1-14H2. The monoisotopic (exact) mass is 292 g/mol. The molecule has 0 bridgehead atoms. The van der Waals surface area contributed by atoms with Gasteiger partial charge in [0.1, 0.15) is 0 Å². The van der Waals surface area contributed by atoms with Gasteiger partial charge in [-0.25, -0.2) is 0 Å². The minimum absolute atomic E-state index is 0.0499. The fourth-order valence-electron chi connectivity index (χ4n) is 5.38. The Morgan fingerprint density at radius 1 is 0.952 bits per heavy atom. The molecule has 3 nitrogen and oxygen atoms in total. The summed E-state index contributed by atoms with van der Waals surface area (Å²) < 4.78 is 0. The molecule has 4 fully saturated rings. The minimum atomic E-state index is 0.0499. The highest BCUT2D eigenvalue weighted by Crippen LogP contribution is 2.47. The van der Waals surface area contributed by atoms with Gasteiger partial charge in [0.2, 0.25) is 0 Å². The molecule has 4 rings (SSSR count). The largest absolute Gasteiger partial charge is 0.394 e. The summed E-state index contributed by atoms with van der Waals surface area (Å²) in [5, 5.41) is 13.7. The van der Waals surface area contributed by atoms with Crippen molar-refractivity contribution in [1.82, 2.24) is 10.2 Å². The average Bonchev–Trinajstić information content (AvgIpc) is 3.04. The zero-order valence-corrected chi connectivity index (χ0v) is 13.4. The van der Waals surface area contributed by atoms with Gasteiger partial charge in [-0.15, -0.1) is 0 Å². The highest BCUT2D eigenvalue weighted by molar-refractivity contribution is 5.04. The first-order valence-electron chi connectivity index (χ1n) is 9.35. The van der Waals surface area contributed by atoms with Crippen LogP contribution in [0, 0.1) is 5.41 Å². The summed E-state index contributed by atoms with van der Waals surface area (Å²) in [4.78, 5) is 2.76. The maximum absolute atomic E-state index is 9.90. The van der Waals surface area contributed by atoms with Crippen LogP contribution < -0.4 is 5.32 Å². The van der Waals surface area contributed by atoms with E-state index >= 15 is 0 Å². The number of hydrogen-bond donors (Lipinski definition) is 2. The number of likely N-dealkylation sites (tertiary alicyclic amines) is 1. The molecule has 2 unspecified atom stereocenters. The van der Waals surface area contributed by atoms with Crippen molar-refractivity contribution >= 4 is 0 Å². The Morgan fingerprint density at radius 2 is 1.67 bits per heavy atom. The Kier molecular flexibility index (Phi) is 3.79. The Morgan fingerprint density at radius 3 is 2.29 bits per heavy atom. The fourth-order valence-corrected chi connectivity index (χ4v) is 5.38. The third-order valence-electron chi connectivity index (χ3n) is 7.01. The lowest BCUT2D eigenvalue weighted by molar-refractivity contribution is 0.0705. The van der Waals surface area contributed by atoms with Crippen LogP contribution in [0.15, 0.2) is 0 Å². The van der Waals surface area contributed by atoms with Gasteiger partial charge in [-0.1, -0.05) is 12.8 Å². The molecule has 3 heteroatoms. The normalized spacial score (nSPS) is 40.1. The van der Waals surface area contributed by atoms with E-state index in [0.717, 1.165) is 11.5 Å². The summed E-state index contributed by atoms with van der Waals surface area (Å²) in [6.45, 7) is 2.96. The number of piperidine rings is 1. The van der Waals surface area contributed by atoms with Crippen LogP contribution in [0.4, 0.5) is 0 Å². The summed E-state index contributed by atoms with van der Waals surface area (Å²) in [6, 6.07) is 1.43. The molecule has 1 saturated heterocycles. The Hall–Kier alpha value is -0.120. The van der Waals surface area contributed by atoms with Gasteiger partial charge in [0.05, 0.1) is 6.61 Å². The number of rotatable bonds is 4. The number of aliphatic hydroxyl groups excluding tert-OH is 1. The smallest absolute Gasteiger partial charge is 0.0614 e. The van der Waals surface area contributed by atoms with Crippen LogP contribution in [0.25, 0.3) is 0 Å². The second kappa shape index (κ2) is 5.50. The number of nitrogens with one attached hydrogen (secondary N) is 1. The van der Waals surface area contributed by atoms with Crippen molar-refractivity contribution in [2.75, 3.05) is 19.7 Å². The van der Waals surface area contributed by atoms with Crippen molar-refractivity contribution in [2.24, 2.45) is 5.41 Å². The first-order chi connectivity index (χ1) is 10.2. The van der Waals surface area contributed by atoms with Gasteiger partial charge in [-0.3, -0.25) is 0 Å². The molecule has 0 aromatic heterocycles. The molecule has 120 valence electrons.